The maximum Gasteiger partial charge on any atom is 0.188 e. The van der Waals surface area contributed by atoms with Crippen molar-refractivity contribution in [2.45, 2.75) is 41.7 Å². The molecule has 110 valence electrons. The molecule has 3 heteroatoms. The van der Waals surface area contributed by atoms with Crippen molar-refractivity contribution in [1.29, 1.82) is 0 Å². The fraction of sp³-hybridized carbons (Fsp3) is 0.333. The maximum absolute atomic E-state index is 13.3. The number of rotatable bonds is 3. The smallest absolute Gasteiger partial charge is 0.188 e. The Kier molecular flexibility index (Phi) is 3.85. The first-order valence-corrected chi connectivity index (χ1v) is 9.00. The van der Waals surface area contributed by atoms with Crippen molar-refractivity contribution in [1.82, 2.24) is 0 Å². The van der Waals surface area contributed by atoms with Crippen LogP contribution < -0.4 is 0 Å². The Bertz CT molecular complexity index is 685. The molecular weight excluding hydrogens is 280 g/mol. The SMILES string of the molecule is O=S(=O)(c1ccccc1)C1(c2ccccc2)CCCCC1. The first kappa shape index (κ1) is 14.3. The Morgan fingerprint density at radius 2 is 1.24 bits per heavy atom. The molecule has 0 radical (unpaired) electrons. The van der Waals surface area contributed by atoms with Gasteiger partial charge in [-0.15, -0.1) is 0 Å². The van der Waals surface area contributed by atoms with E-state index in [1.54, 1.807) is 24.3 Å². The lowest BCUT2D eigenvalue weighted by Gasteiger charge is -2.37. The van der Waals surface area contributed by atoms with Crippen LogP contribution in [0.3, 0.4) is 0 Å². The van der Waals surface area contributed by atoms with Crippen LogP contribution in [0.15, 0.2) is 65.6 Å². The monoisotopic (exact) mass is 300 g/mol. The normalized spacial score (nSPS) is 18.3. The predicted octanol–water partition coefficient (Wildman–Crippen LogP) is 4.32. The molecule has 2 nitrogen and oxygen atoms in total. The van der Waals surface area contributed by atoms with Crippen molar-refractivity contribution in [2.75, 3.05) is 0 Å². The van der Waals surface area contributed by atoms with Crippen LogP contribution in [0, 0.1) is 0 Å². The van der Waals surface area contributed by atoms with Gasteiger partial charge in [0.05, 0.1) is 4.90 Å². The largest absolute Gasteiger partial charge is 0.223 e. The molecule has 0 bridgehead atoms. The summed E-state index contributed by atoms with van der Waals surface area (Å²) in [4.78, 5) is 0.441. The molecule has 2 aromatic carbocycles. The third-order valence-electron chi connectivity index (χ3n) is 4.53. The summed E-state index contributed by atoms with van der Waals surface area (Å²) >= 11 is 0. The number of sulfone groups is 1. The third-order valence-corrected chi connectivity index (χ3v) is 7.09. The van der Waals surface area contributed by atoms with Crippen LogP contribution in [0.1, 0.15) is 37.7 Å². The summed E-state index contributed by atoms with van der Waals surface area (Å²) in [5.74, 6) is 0. The first-order valence-electron chi connectivity index (χ1n) is 7.52. The Hall–Kier alpha value is -1.61. The van der Waals surface area contributed by atoms with Crippen molar-refractivity contribution >= 4 is 9.84 Å². The van der Waals surface area contributed by atoms with Crippen LogP contribution in [0.4, 0.5) is 0 Å². The molecule has 1 saturated carbocycles. The van der Waals surface area contributed by atoms with E-state index in [4.69, 9.17) is 0 Å². The molecule has 0 amide bonds. The second kappa shape index (κ2) is 5.64. The molecule has 0 unspecified atom stereocenters. The van der Waals surface area contributed by atoms with Crippen molar-refractivity contribution in [3.8, 4) is 0 Å². The zero-order chi connectivity index (χ0) is 14.8. The van der Waals surface area contributed by atoms with E-state index in [0.29, 0.717) is 17.7 Å². The van der Waals surface area contributed by atoms with Crippen molar-refractivity contribution in [2.24, 2.45) is 0 Å². The van der Waals surface area contributed by atoms with Crippen LogP contribution in [-0.4, -0.2) is 8.42 Å². The Morgan fingerprint density at radius 1 is 0.714 bits per heavy atom. The highest BCUT2D eigenvalue weighted by atomic mass is 32.2. The Balaban J connectivity index is 2.17. The first-order chi connectivity index (χ1) is 10.2. The summed E-state index contributed by atoms with van der Waals surface area (Å²) in [5, 5.41) is 0. The van der Waals surface area contributed by atoms with Gasteiger partial charge in [-0.25, -0.2) is 8.42 Å². The molecule has 1 aliphatic carbocycles. The van der Waals surface area contributed by atoms with Crippen LogP contribution in [0.2, 0.25) is 0 Å². The minimum Gasteiger partial charge on any atom is -0.223 e. The molecule has 21 heavy (non-hydrogen) atoms. The molecule has 2 aromatic rings. The molecule has 0 spiro atoms. The highest BCUT2D eigenvalue weighted by Gasteiger charge is 2.46. The molecule has 0 aliphatic heterocycles. The standard InChI is InChI=1S/C18H20O2S/c19-21(20,17-12-6-2-7-13-17)18(14-8-3-9-15-18)16-10-4-1-5-11-16/h1-2,4-7,10-13H,3,8-9,14-15H2. The Morgan fingerprint density at radius 3 is 1.81 bits per heavy atom. The number of benzene rings is 2. The minimum atomic E-state index is -3.38. The van der Waals surface area contributed by atoms with Crippen LogP contribution >= 0.6 is 0 Å². The molecule has 1 fully saturated rings. The molecule has 0 heterocycles. The molecule has 0 N–H and O–H groups in total. The number of hydrogen-bond donors (Lipinski definition) is 0. The van der Waals surface area contributed by atoms with E-state index in [0.717, 1.165) is 24.8 Å². The maximum atomic E-state index is 13.3. The summed E-state index contributed by atoms with van der Waals surface area (Å²) in [6.07, 6.45) is 4.50. The van der Waals surface area contributed by atoms with Crippen LogP contribution in [0.25, 0.3) is 0 Å². The zero-order valence-electron chi connectivity index (χ0n) is 12.0. The Labute approximate surface area is 126 Å². The van der Waals surface area contributed by atoms with E-state index in [1.165, 1.54) is 0 Å². The van der Waals surface area contributed by atoms with Gasteiger partial charge in [0.2, 0.25) is 0 Å². The van der Waals surface area contributed by atoms with Crippen molar-refractivity contribution < 1.29 is 8.42 Å². The molecule has 3 rings (SSSR count). The average Bonchev–Trinajstić information content (AvgIpc) is 2.57. The average molecular weight is 300 g/mol. The predicted molar refractivity (Wildman–Crippen MR) is 84.8 cm³/mol. The van der Waals surface area contributed by atoms with Gasteiger partial charge in [-0.2, -0.15) is 0 Å². The second-order valence-electron chi connectivity index (χ2n) is 5.74. The summed E-state index contributed by atoms with van der Waals surface area (Å²) in [6, 6.07) is 18.6. The molecular formula is C18H20O2S. The van der Waals surface area contributed by atoms with Gasteiger partial charge in [0.1, 0.15) is 4.75 Å². The second-order valence-corrected chi connectivity index (χ2v) is 8.00. The van der Waals surface area contributed by atoms with Gasteiger partial charge >= 0.3 is 0 Å². The summed E-state index contributed by atoms with van der Waals surface area (Å²) in [5.41, 5.74) is 0.938. The van der Waals surface area contributed by atoms with Gasteiger partial charge < -0.3 is 0 Å². The fourth-order valence-electron chi connectivity index (χ4n) is 3.40. The molecule has 0 aromatic heterocycles. The lowest BCUT2D eigenvalue weighted by atomic mass is 9.83. The van der Waals surface area contributed by atoms with E-state index in [9.17, 15) is 8.42 Å². The lowest BCUT2D eigenvalue weighted by Crippen LogP contribution is -2.38. The third kappa shape index (κ3) is 2.40. The quantitative estimate of drug-likeness (QED) is 0.846. The lowest BCUT2D eigenvalue weighted by molar-refractivity contribution is 0.380. The van der Waals surface area contributed by atoms with Gasteiger partial charge in [0, 0.05) is 0 Å². The molecule has 0 atom stereocenters. The van der Waals surface area contributed by atoms with Crippen LogP contribution in [-0.2, 0) is 14.6 Å². The van der Waals surface area contributed by atoms with Gasteiger partial charge in [-0.3, -0.25) is 0 Å². The summed E-state index contributed by atoms with van der Waals surface area (Å²) in [7, 11) is -3.38. The van der Waals surface area contributed by atoms with Gasteiger partial charge in [0.25, 0.3) is 0 Å². The number of hydrogen-bond acceptors (Lipinski definition) is 2. The molecule has 0 saturated heterocycles. The van der Waals surface area contributed by atoms with Gasteiger partial charge in [0.15, 0.2) is 9.84 Å². The highest BCUT2D eigenvalue weighted by Crippen LogP contribution is 2.46. The fourth-order valence-corrected chi connectivity index (χ4v) is 5.64. The van der Waals surface area contributed by atoms with E-state index in [2.05, 4.69) is 0 Å². The summed E-state index contributed by atoms with van der Waals surface area (Å²) in [6.45, 7) is 0. The van der Waals surface area contributed by atoms with Gasteiger partial charge in [-0.05, 0) is 30.5 Å². The minimum absolute atomic E-state index is 0.441. The topological polar surface area (TPSA) is 34.1 Å². The van der Waals surface area contributed by atoms with E-state index < -0.39 is 14.6 Å². The van der Waals surface area contributed by atoms with E-state index in [-0.39, 0.29) is 0 Å². The van der Waals surface area contributed by atoms with E-state index >= 15 is 0 Å². The zero-order valence-corrected chi connectivity index (χ0v) is 12.9. The van der Waals surface area contributed by atoms with Crippen LogP contribution in [0.5, 0.6) is 0 Å². The summed E-state index contributed by atoms with van der Waals surface area (Å²) < 4.78 is 25.9. The highest BCUT2D eigenvalue weighted by molar-refractivity contribution is 7.92. The van der Waals surface area contributed by atoms with Gasteiger partial charge in [-0.1, -0.05) is 67.8 Å². The molecule has 1 aliphatic rings. The van der Waals surface area contributed by atoms with E-state index in [1.807, 2.05) is 36.4 Å². The van der Waals surface area contributed by atoms with Crippen molar-refractivity contribution in [3.63, 3.8) is 0 Å². The van der Waals surface area contributed by atoms with Crippen molar-refractivity contribution in [3.05, 3.63) is 66.2 Å².